The first-order valence-electron chi connectivity index (χ1n) is 11.7. The molecule has 168 valence electrons. The summed E-state index contributed by atoms with van der Waals surface area (Å²) < 4.78 is 6.13. The molecule has 0 fully saturated rings. The molecule has 0 bridgehead atoms. The Kier molecular flexibility index (Phi) is 7.13. The molecule has 0 radical (unpaired) electrons. The molecule has 0 aliphatic heterocycles. The SMILES string of the molecule is CCCCC[C@H](COc1ccc(C(=O)O)cc1)c1ccc2c(c1)C(C)(C)CCC2(C)C. The van der Waals surface area contributed by atoms with Crippen LogP contribution in [0.5, 0.6) is 5.75 Å². The Morgan fingerprint density at radius 3 is 2.23 bits per heavy atom. The largest absolute Gasteiger partial charge is 0.493 e. The van der Waals surface area contributed by atoms with Crippen molar-refractivity contribution in [2.45, 2.75) is 89.9 Å². The van der Waals surface area contributed by atoms with E-state index in [0.29, 0.717) is 12.5 Å². The Labute approximate surface area is 187 Å². The van der Waals surface area contributed by atoms with E-state index < -0.39 is 5.97 Å². The van der Waals surface area contributed by atoms with Crippen LogP contribution in [0, 0.1) is 0 Å². The summed E-state index contributed by atoms with van der Waals surface area (Å²) in [5, 5.41) is 9.10. The Balaban J connectivity index is 1.83. The van der Waals surface area contributed by atoms with Crippen LogP contribution in [0.15, 0.2) is 42.5 Å². The highest BCUT2D eigenvalue weighted by Crippen LogP contribution is 2.46. The van der Waals surface area contributed by atoms with Crippen molar-refractivity contribution < 1.29 is 14.6 Å². The van der Waals surface area contributed by atoms with Crippen LogP contribution in [0.4, 0.5) is 0 Å². The van der Waals surface area contributed by atoms with E-state index in [-0.39, 0.29) is 16.4 Å². The van der Waals surface area contributed by atoms with Crippen molar-refractivity contribution in [2.24, 2.45) is 0 Å². The number of carbonyl (C=O) groups is 1. The van der Waals surface area contributed by atoms with Gasteiger partial charge in [0.25, 0.3) is 0 Å². The number of hydrogen-bond acceptors (Lipinski definition) is 2. The summed E-state index contributed by atoms with van der Waals surface area (Å²) in [5.41, 5.74) is 5.05. The number of carboxylic acids is 1. The van der Waals surface area contributed by atoms with E-state index >= 15 is 0 Å². The van der Waals surface area contributed by atoms with E-state index in [0.717, 1.165) is 12.2 Å². The Bertz CT molecular complexity index is 893. The van der Waals surface area contributed by atoms with Crippen molar-refractivity contribution in [3.05, 3.63) is 64.7 Å². The van der Waals surface area contributed by atoms with E-state index in [9.17, 15) is 4.79 Å². The maximum absolute atomic E-state index is 11.1. The number of ether oxygens (including phenoxy) is 1. The molecule has 3 nitrogen and oxygen atoms in total. The Hall–Kier alpha value is -2.29. The number of fused-ring (bicyclic) bond motifs is 1. The number of carboxylic acid groups (broad SMARTS) is 1. The van der Waals surface area contributed by atoms with Gasteiger partial charge in [-0.15, -0.1) is 0 Å². The first-order valence-corrected chi connectivity index (χ1v) is 11.7. The molecule has 3 heteroatoms. The molecule has 0 unspecified atom stereocenters. The maximum Gasteiger partial charge on any atom is 0.335 e. The minimum atomic E-state index is -0.913. The first-order chi connectivity index (χ1) is 14.6. The maximum atomic E-state index is 11.1. The highest BCUT2D eigenvalue weighted by molar-refractivity contribution is 5.87. The number of benzene rings is 2. The van der Waals surface area contributed by atoms with Crippen molar-refractivity contribution in [1.29, 1.82) is 0 Å². The van der Waals surface area contributed by atoms with Gasteiger partial charge in [-0.05, 0) is 71.0 Å². The third-order valence-electron chi connectivity index (χ3n) is 7.06. The molecule has 2 aromatic rings. The third-order valence-corrected chi connectivity index (χ3v) is 7.06. The Morgan fingerprint density at radius 1 is 0.968 bits per heavy atom. The molecule has 1 atom stereocenters. The summed E-state index contributed by atoms with van der Waals surface area (Å²) in [4.78, 5) is 11.1. The summed E-state index contributed by atoms with van der Waals surface area (Å²) in [6, 6.07) is 13.8. The van der Waals surface area contributed by atoms with Crippen molar-refractivity contribution in [1.82, 2.24) is 0 Å². The molecule has 3 rings (SSSR count). The highest BCUT2D eigenvalue weighted by atomic mass is 16.5. The van der Waals surface area contributed by atoms with Crippen LogP contribution in [-0.2, 0) is 10.8 Å². The van der Waals surface area contributed by atoms with E-state index in [2.05, 4.69) is 52.8 Å². The molecule has 0 saturated heterocycles. The average Bonchev–Trinajstić information content (AvgIpc) is 2.74. The molecule has 0 spiro atoms. The quantitative estimate of drug-likeness (QED) is 0.426. The minimum absolute atomic E-state index is 0.197. The lowest BCUT2D eigenvalue weighted by Crippen LogP contribution is -2.34. The van der Waals surface area contributed by atoms with Crippen molar-refractivity contribution in [2.75, 3.05) is 6.61 Å². The zero-order valence-corrected chi connectivity index (χ0v) is 19.8. The third kappa shape index (κ3) is 5.50. The molecule has 0 amide bonds. The molecule has 1 N–H and O–H groups in total. The highest BCUT2D eigenvalue weighted by Gasteiger charge is 2.37. The van der Waals surface area contributed by atoms with Crippen LogP contribution in [0.25, 0.3) is 0 Å². The number of hydrogen-bond donors (Lipinski definition) is 1. The van der Waals surface area contributed by atoms with E-state index in [1.807, 2.05) is 0 Å². The topological polar surface area (TPSA) is 46.5 Å². The molecule has 1 aliphatic carbocycles. The summed E-state index contributed by atoms with van der Waals surface area (Å²) in [5.74, 6) is 0.144. The Morgan fingerprint density at radius 2 is 1.61 bits per heavy atom. The summed E-state index contributed by atoms with van der Waals surface area (Å²) in [6.45, 7) is 12.3. The second kappa shape index (κ2) is 9.46. The number of unbranched alkanes of at least 4 members (excludes halogenated alkanes) is 2. The molecule has 31 heavy (non-hydrogen) atoms. The minimum Gasteiger partial charge on any atom is -0.493 e. The second-order valence-electron chi connectivity index (χ2n) is 10.4. The van der Waals surface area contributed by atoms with Crippen LogP contribution < -0.4 is 4.74 Å². The lowest BCUT2D eigenvalue weighted by molar-refractivity contribution is 0.0697. The van der Waals surface area contributed by atoms with E-state index in [1.54, 1.807) is 24.3 Å². The van der Waals surface area contributed by atoms with Gasteiger partial charge in [0.1, 0.15) is 5.75 Å². The molecule has 2 aromatic carbocycles. The standard InChI is InChI=1S/C28H38O3/c1-6-7-8-9-22(19-31-23-13-10-20(11-14-23)26(29)30)21-12-15-24-25(18-21)28(4,5)17-16-27(24,2)3/h10-15,18,22H,6-9,16-17,19H2,1-5H3,(H,29,30)/t22-/m1/s1. The number of rotatable bonds is 9. The molecule has 0 saturated carbocycles. The van der Waals surface area contributed by atoms with Gasteiger partial charge in [0.15, 0.2) is 0 Å². The fourth-order valence-electron chi connectivity index (χ4n) is 4.74. The normalized spacial score (nSPS) is 17.6. The van der Waals surface area contributed by atoms with Crippen molar-refractivity contribution in [3.8, 4) is 5.75 Å². The van der Waals surface area contributed by atoms with Gasteiger partial charge in [-0.25, -0.2) is 4.79 Å². The van der Waals surface area contributed by atoms with Crippen LogP contribution in [0.2, 0.25) is 0 Å². The first kappa shape index (κ1) is 23.4. The lowest BCUT2D eigenvalue weighted by Gasteiger charge is -2.42. The van der Waals surface area contributed by atoms with E-state index in [1.165, 1.54) is 48.8 Å². The lowest BCUT2D eigenvalue weighted by atomic mass is 9.62. The monoisotopic (exact) mass is 422 g/mol. The van der Waals surface area contributed by atoms with Gasteiger partial charge in [-0.2, -0.15) is 0 Å². The summed E-state index contributed by atoms with van der Waals surface area (Å²) in [6.07, 6.45) is 7.16. The smallest absolute Gasteiger partial charge is 0.335 e. The van der Waals surface area contributed by atoms with Crippen LogP contribution in [-0.4, -0.2) is 17.7 Å². The fraction of sp³-hybridized carbons (Fsp3) is 0.536. The van der Waals surface area contributed by atoms with Crippen molar-refractivity contribution in [3.63, 3.8) is 0 Å². The van der Waals surface area contributed by atoms with Crippen LogP contribution >= 0.6 is 0 Å². The van der Waals surface area contributed by atoms with Gasteiger partial charge in [0.05, 0.1) is 12.2 Å². The summed E-state index contributed by atoms with van der Waals surface area (Å²) in [7, 11) is 0. The van der Waals surface area contributed by atoms with Gasteiger partial charge in [-0.3, -0.25) is 0 Å². The molecular weight excluding hydrogens is 384 g/mol. The zero-order valence-electron chi connectivity index (χ0n) is 19.8. The predicted octanol–water partition coefficient (Wildman–Crippen LogP) is 7.48. The van der Waals surface area contributed by atoms with Gasteiger partial charge < -0.3 is 9.84 Å². The van der Waals surface area contributed by atoms with Gasteiger partial charge >= 0.3 is 5.97 Å². The van der Waals surface area contributed by atoms with Crippen LogP contribution in [0.1, 0.15) is 106 Å². The van der Waals surface area contributed by atoms with Gasteiger partial charge in [0.2, 0.25) is 0 Å². The van der Waals surface area contributed by atoms with E-state index in [4.69, 9.17) is 9.84 Å². The molecular formula is C28H38O3. The molecule has 1 aliphatic rings. The zero-order chi connectivity index (χ0) is 22.6. The fourth-order valence-corrected chi connectivity index (χ4v) is 4.74. The number of aromatic carboxylic acids is 1. The predicted molar refractivity (Wildman–Crippen MR) is 128 cm³/mol. The van der Waals surface area contributed by atoms with Gasteiger partial charge in [0, 0.05) is 5.92 Å². The van der Waals surface area contributed by atoms with Crippen LogP contribution in [0.3, 0.4) is 0 Å². The molecule has 0 heterocycles. The second-order valence-corrected chi connectivity index (χ2v) is 10.4. The van der Waals surface area contributed by atoms with Crippen molar-refractivity contribution >= 4 is 5.97 Å². The summed E-state index contributed by atoms with van der Waals surface area (Å²) >= 11 is 0. The van der Waals surface area contributed by atoms with Gasteiger partial charge in [-0.1, -0.05) is 72.1 Å². The molecule has 0 aromatic heterocycles. The average molecular weight is 423 g/mol.